The number of nitrogens with one attached hydrogen (secondary N) is 2. The Morgan fingerprint density at radius 1 is 1.53 bits per heavy atom. The average Bonchev–Trinajstić information content (AvgIpc) is 2.86. The van der Waals surface area contributed by atoms with Crippen molar-refractivity contribution in [3.63, 3.8) is 0 Å². The molecular weight excluding hydrogens is 276 g/mol. The maximum absolute atomic E-state index is 11.5. The molecule has 2 amide bonds. The normalized spacial score (nSPS) is 11.4. The Morgan fingerprint density at radius 2 is 2.26 bits per heavy atom. The van der Waals surface area contributed by atoms with Gasteiger partial charge in [-0.1, -0.05) is 11.3 Å². The molecule has 0 saturated heterocycles. The quantitative estimate of drug-likeness (QED) is 0.631. The Bertz CT molecular complexity index is 449. The summed E-state index contributed by atoms with van der Waals surface area (Å²) >= 11 is 1.09. The van der Waals surface area contributed by atoms with Gasteiger partial charge in [-0.15, -0.1) is 10.2 Å². The predicted octanol–water partition coefficient (Wildman–Crippen LogP) is 0.0660. The first kappa shape index (κ1) is 14.8. The summed E-state index contributed by atoms with van der Waals surface area (Å²) in [5, 5.41) is 20.8. The van der Waals surface area contributed by atoms with Gasteiger partial charge < -0.3 is 15.2 Å². The Kier molecular flexibility index (Phi) is 5.67. The molecule has 0 aliphatic heterocycles. The second kappa shape index (κ2) is 7.26. The molecule has 9 nitrogen and oxygen atoms in total. The van der Waals surface area contributed by atoms with E-state index in [0.717, 1.165) is 11.3 Å². The van der Waals surface area contributed by atoms with E-state index < -0.39 is 24.0 Å². The summed E-state index contributed by atoms with van der Waals surface area (Å²) in [6.45, 7) is 0. The standard InChI is InChI=1S/C9H12N4O5S/c1-18-6(14)3-2-5(7(15)16)11-8(17)12-9-13-10-4-19-9/h4-5H,2-3H2,1H3,(H,15,16)(H2,11,12,13,17)/t5-/m1/s1. The first-order chi connectivity index (χ1) is 9.02. The lowest BCUT2D eigenvalue weighted by Crippen LogP contribution is -2.43. The van der Waals surface area contributed by atoms with Crippen molar-refractivity contribution >= 4 is 34.4 Å². The lowest BCUT2D eigenvalue weighted by Gasteiger charge is -2.13. The smallest absolute Gasteiger partial charge is 0.326 e. The number of ether oxygens (including phenoxy) is 1. The molecule has 1 aromatic rings. The van der Waals surface area contributed by atoms with E-state index in [1.807, 2.05) is 0 Å². The van der Waals surface area contributed by atoms with E-state index in [1.54, 1.807) is 0 Å². The number of hydrogen-bond acceptors (Lipinski definition) is 7. The number of rotatable bonds is 6. The number of esters is 1. The maximum atomic E-state index is 11.5. The summed E-state index contributed by atoms with van der Waals surface area (Å²) in [6.07, 6.45) is -0.169. The monoisotopic (exact) mass is 288 g/mol. The van der Waals surface area contributed by atoms with Crippen LogP contribution in [0.15, 0.2) is 5.51 Å². The molecule has 1 rings (SSSR count). The van der Waals surface area contributed by atoms with Crippen LogP contribution < -0.4 is 10.6 Å². The zero-order valence-electron chi connectivity index (χ0n) is 9.95. The first-order valence-corrected chi connectivity index (χ1v) is 6.04. The lowest BCUT2D eigenvalue weighted by atomic mass is 10.1. The van der Waals surface area contributed by atoms with Gasteiger partial charge in [0.15, 0.2) is 0 Å². The molecule has 0 bridgehead atoms. The van der Waals surface area contributed by atoms with Gasteiger partial charge in [0.2, 0.25) is 5.13 Å². The van der Waals surface area contributed by atoms with E-state index in [4.69, 9.17) is 5.11 Å². The number of carboxylic acids is 1. The molecule has 3 N–H and O–H groups in total. The lowest BCUT2D eigenvalue weighted by molar-refractivity contribution is -0.142. The fourth-order valence-electron chi connectivity index (χ4n) is 1.14. The zero-order valence-corrected chi connectivity index (χ0v) is 10.8. The summed E-state index contributed by atoms with van der Waals surface area (Å²) < 4.78 is 4.39. The number of anilines is 1. The van der Waals surface area contributed by atoms with E-state index in [-0.39, 0.29) is 18.0 Å². The molecule has 10 heteroatoms. The van der Waals surface area contributed by atoms with Crippen LogP contribution in [0.25, 0.3) is 0 Å². The average molecular weight is 288 g/mol. The molecule has 0 aromatic carbocycles. The number of urea groups is 1. The van der Waals surface area contributed by atoms with Crippen molar-refractivity contribution < 1.29 is 24.2 Å². The van der Waals surface area contributed by atoms with E-state index >= 15 is 0 Å². The third-order valence-corrected chi connectivity index (χ3v) is 2.66. The molecule has 1 atom stereocenters. The van der Waals surface area contributed by atoms with Crippen molar-refractivity contribution in [3.05, 3.63) is 5.51 Å². The number of amides is 2. The minimum Gasteiger partial charge on any atom is -0.480 e. The van der Waals surface area contributed by atoms with Crippen molar-refractivity contribution in [1.29, 1.82) is 0 Å². The SMILES string of the molecule is COC(=O)CC[C@@H](NC(=O)Nc1nncs1)C(=O)O. The second-order valence-corrected chi connectivity index (χ2v) is 4.18. The maximum Gasteiger partial charge on any atom is 0.326 e. The van der Waals surface area contributed by atoms with Crippen molar-refractivity contribution in [3.8, 4) is 0 Å². The summed E-state index contributed by atoms with van der Waals surface area (Å²) in [5.41, 5.74) is 1.42. The van der Waals surface area contributed by atoms with E-state index in [2.05, 4.69) is 25.6 Å². The molecule has 0 fully saturated rings. The van der Waals surface area contributed by atoms with Gasteiger partial charge in [-0.05, 0) is 6.42 Å². The topological polar surface area (TPSA) is 131 Å². The molecule has 19 heavy (non-hydrogen) atoms. The number of aromatic nitrogens is 2. The van der Waals surface area contributed by atoms with Crippen LogP contribution in [0.1, 0.15) is 12.8 Å². The van der Waals surface area contributed by atoms with E-state index in [1.165, 1.54) is 12.6 Å². The minimum atomic E-state index is -1.24. The highest BCUT2D eigenvalue weighted by Gasteiger charge is 2.21. The molecule has 0 unspecified atom stereocenters. The molecule has 0 aliphatic rings. The van der Waals surface area contributed by atoms with Crippen LogP contribution in [-0.2, 0) is 14.3 Å². The number of carbonyl (C=O) groups excluding carboxylic acids is 2. The van der Waals surface area contributed by atoms with Crippen molar-refractivity contribution in [2.45, 2.75) is 18.9 Å². The number of nitrogens with zero attached hydrogens (tertiary/aromatic N) is 2. The predicted molar refractivity (Wildman–Crippen MR) is 64.7 cm³/mol. The molecule has 1 heterocycles. The Labute approximate surface area is 112 Å². The zero-order chi connectivity index (χ0) is 14.3. The number of carboxylic acid groups (broad SMARTS) is 1. The third-order valence-electron chi connectivity index (χ3n) is 2.05. The van der Waals surface area contributed by atoms with Gasteiger partial charge in [0.1, 0.15) is 11.6 Å². The van der Waals surface area contributed by atoms with Crippen LogP contribution in [0.2, 0.25) is 0 Å². The second-order valence-electron chi connectivity index (χ2n) is 3.35. The summed E-state index contributed by atoms with van der Waals surface area (Å²) in [6, 6.07) is -1.92. The molecular formula is C9H12N4O5S. The third kappa shape index (κ3) is 5.29. The first-order valence-electron chi connectivity index (χ1n) is 5.16. The highest BCUT2D eigenvalue weighted by atomic mass is 32.1. The van der Waals surface area contributed by atoms with Crippen molar-refractivity contribution in [2.24, 2.45) is 0 Å². The molecule has 0 spiro atoms. The Balaban J connectivity index is 2.46. The van der Waals surface area contributed by atoms with Gasteiger partial charge in [-0.25, -0.2) is 9.59 Å². The van der Waals surface area contributed by atoms with Gasteiger partial charge in [0, 0.05) is 6.42 Å². The summed E-state index contributed by atoms with van der Waals surface area (Å²) in [4.78, 5) is 33.3. The van der Waals surface area contributed by atoms with Crippen LogP contribution in [0, 0.1) is 0 Å². The number of hydrogen-bond donors (Lipinski definition) is 3. The highest BCUT2D eigenvalue weighted by Crippen LogP contribution is 2.07. The van der Waals surface area contributed by atoms with Crippen LogP contribution in [0.4, 0.5) is 9.93 Å². The summed E-state index contributed by atoms with van der Waals surface area (Å²) in [7, 11) is 1.20. The van der Waals surface area contributed by atoms with Gasteiger partial charge in [-0.3, -0.25) is 10.1 Å². The van der Waals surface area contributed by atoms with Gasteiger partial charge in [0.25, 0.3) is 0 Å². The van der Waals surface area contributed by atoms with Crippen LogP contribution >= 0.6 is 11.3 Å². The van der Waals surface area contributed by atoms with Gasteiger partial charge in [0.05, 0.1) is 7.11 Å². The Hall–Kier alpha value is -2.23. The largest absolute Gasteiger partial charge is 0.480 e. The van der Waals surface area contributed by atoms with E-state index in [0.29, 0.717) is 0 Å². The van der Waals surface area contributed by atoms with Crippen LogP contribution in [0.3, 0.4) is 0 Å². The van der Waals surface area contributed by atoms with E-state index in [9.17, 15) is 14.4 Å². The number of aliphatic carboxylic acids is 1. The van der Waals surface area contributed by atoms with Gasteiger partial charge in [-0.2, -0.15) is 0 Å². The van der Waals surface area contributed by atoms with Crippen molar-refractivity contribution in [1.82, 2.24) is 15.5 Å². The molecule has 0 saturated carbocycles. The minimum absolute atomic E-state index is 0.0639. The molecule has 104 valence electrons. The fourth-order valence-corrected chi connectivity index (χ4v) is 1.58. The number of carbonyl (C=O) groups is 3. The van der Waals surface area contributed by atoms with Crippen LogP contribution in [0.5, 0.6) is 0 Å². The van der Waals surface area contributed by atoms with Gasteiger partial charge >= 0.3 is 18.0 Å². The van der Waals surface area contributed by atoms with Crippen molar-refractivity contribution in [2.75, 3.05) is 12.4 Å². The molecule has 0 radical (unpaired) electrons. The number of methoxy groups -OCH3 is 1. The Morgan fingerprint density at radius 3 is 2.79 bits per heavy atom. The summed E-state index contributed by atoms with van der Waals surface area (Å²) in [5.74, 6) is -1.78. The van der Waals surface area contributed by atoms with Crippen LogP contribution in [-0.4, -0.2) is 46.4 Å². The fraction of sp³-hybridized carbons (Fsp3) is 0.444. The highest BCUT2D eigenvalue weighted by molar-refractivity contribution is 7.13. The molecule has 0 aliphatic carbocycles. The molecule has 1 aromatic heterocycles.